The normalized spacial score (nSPS) is 10.1. The number of carbonyl (C=O) groups excluding carboxylic acids is 2. The minimum absolute atomic E-state index is 0.0370. The molecule has 22 heavy (non-hydrogen) atoms. The smallest absolute Gasteiger partial charge is 0.319 e. The van der Waals surface area contributed by atoms with Gasteiger partial charge in [0.05, 0.1) is 0 Å². The molecule has 2 aromatic rings. The fraction of sp³-hybridized carbons (Fsp3) is 0.176. The molecule has 4 nitrogen and oxygen atoms in total. The molecule has 0 bridgehead atoms. The number of hydrogen-bond acceptors (Lipinski definition) is 2. The van der Waals surface area contributed by atoms with Gasteiger partial charge in [-0.05, 0) is 43.2 Å². The zero-order valence-corrected chi connectivity index (χ0v) is 13.0. The van der Waals surface area contributed by atoms with Crippen molar-refractivity contribution in [3.63, 3.8) is 0 Å². The Hall–Kier alpha value is -2.33. The molecule has 0 fully saturated rings. The molecule has 0 radical (unpaired) electrons. The zero-order valence-electron chi connectivity index (χ0n) is 12.2. The lowest BCUT2D eigenvalue weighted by Gasteiger charge is -2.08. The molecule has 2 amide bonds. The van der Waals surface area contributed by atoms with Gasteiger partial charge in [-0.3, -0.25) is 4.79 Å². The summed E-state index contributed by atoms with van der Waals surface area (Å²) in [6.45, 7) is 1.99. The highest BCUT2D eigenvalue weighted by atomic mass is 35.5. The first-order chi connectivity index (χ1) is 10.5. The van der Waals surface area contributed by atoms with Crippen LogP contribution in [0.4, 0.5) is 10.5 Å². The summed E-state index contributed by atoms with van der Waals surface area (Å²) in [7, 11) is 0. The molecule has 114 valence electrons. The van der Waals surface area contributed by atoms with Gasteiger partial charge in [0.25, 0.3) is 0 Å². The highest BCUT2D eigenvalue weighted by Gasteiger charge is 2.04. The average Bonchev–Trinajstić information content (AvgIpc) is 2.47. The van der Waals surface area contributed by atoms with Crippen LogP contribution >= 0.6 is 11.6 Å². The van der Waals surface area contributed by atoms with Gasteiger partial charge in [0.2, 0.25) is 0 Å². The van der Waals surface area contributed by atoms with Crippen molar-refractivity contribution in [1.82, 2.24) is 5.32 Å². The van der Waals surface area contributed by atoms with E-state index in [4.69, 9.17) is 11.6 Å². The van der Waals surface area contributed by atoms with Crippen molar-refractivity contribution in [3.05, 3.63) is 64.7 Å². The molecule has 0 heterocycles. The number of hydrogen-bond donors (Lipinski definition) is 2. The highest BCUT2D eigenvalue weighted by Crippen LogP contribution is 2.12. The summed E-state index contributed by atoms with van der Waals surface area (Å²) in [4.78, 5) is 23.1. The fourth-order valence-corrected chi connectivity index (χ4v) is 2.22. The maximum absolute atomic E-state index is 11.8. The Balaban J connectivity index is 1.83. The molecule has 5 heteroatoms. The maximum Gasteiger partial charge on any atom is 0.319 e. The van der Waals surface area contributed by atoms with Crippen LogP contribution < -0.4 is 10.6 Å². The molecule has 0 unspecified atom stereocenters. The molecule has 0 atom stereocenters. The number of benzene rings is 2. The van der Waals surface area contributed by atoms with E-state index in [9.17, 15) is 9.59 Å². The lowest BCUT2D eigenvalue weighted by molar-refractivity contribution is 0.101. The third kappa shape index (κ3) is 4.90. The Morgan fingerprint density at radius 1 is 1.09 bits per heavy atom. The average molecular weight is 317 g/mol. The molecule has 2 rings (SSSR count). The Bertz CT molecular complexity index is 686. The number of amides is 2. The van der Waals surface area contributed by atoms with Crippen molar-refractivity contribution < 1.29 is 9.59 Å². The second-order valence-corrected chi connectivity index (χ2v) is 5.33. The summed E-state index contributed by atoms with van der Waals surface area (Å²) in [5, 5.41) is 6.16. The second-order valence-electron chi connectivity index (χ2n) is 4.90. The quantitative estimate of drug-likeness (QED) is 0.822. The standard InChI is InChI=1S/C17H17ClN2O2/c1-12(21)14-5-3-7-16(11-14)20-17(22)19-9-8-13-4-2-6-15(18)10-13/h2-7,10-11H,8-9H2,1H3,(H2,19,20,22). The number of ketones is 1. The number of halogens is 1. The Morgan fingerprint density at radius 3 is 2.59 bits per heavy atom. The molecule has 0 saturated carbocycles. The van der Waals surface area contributed by atoms with Crippen LogP contribution in [0.3, 0.4) is 0 Å². The Kier molecular flexibility index (Phi) is 5.55. The summed E-state index contributed by atoms with van der Waals surface area (Å²) >= 11 is 5.91. The lowest BCUT2D eigenvalue weighted by Crippen LogP contribution is -2.30. The summed E-state index contributed by atoms with van der Waals surface area (Å²) in [5.41, 5.74) is 2.22. The van der Waals surface area contributed by atoms with Gasteiger partial charge >= 0.3 is 6.03 Å². The van der Waals surface area contributed by atoms with Gasteiger partial charge in [0, 0.05) is 22.8 Å². The molecule has 0 aliphatic carbocycles. The predicted molar refractivity (Wildman–Crippen MR) is 88.6 cm³/mol. The van der Waals surface area contributed by atoms with Gasteiger partial charge in [-0.2, -0.15) is 0 Å². The van der Waals surface area contributed by atoms with Crippen molar-refractivity contribution >= 4 is 29.1 Å². The van der Waals surface area contributed by atoms with Crippen molar-refractivity contribution in [3.8, 4) is 0 Å². The van der Waals surface area contributed by atoms with Gasteiger partial charge in [-0.15, -0.1) is 0 Å². The first kappa shape index (κ1) is 16.0. The summed E-state index contributed by atoms with van der Waals surface area (Å²) in [6.07, 6.45) is 0.696. The molecule has 2 aromatic carbocycles. The van der Waals surface area contributed by atoms with Gasteiger partial charge in [-0.1, -0.05) is 35.9 Å². The third-order valence-electron chi connectivity index (χ3n) is 3.12. The van der Waals surface area contributed by atoms with E-state index < -0.39 is 0 Å². The summed E-state index contributed by atoms with van der Waals surface area (Å²) in [6, 6.07) is 14.1. The molecular weight excluding hydrogens is 300 g/mol. The molecule has 0 aromatic heterocycles. The van der Waals surface area contributed by atoms with Crippen LogP contribution in [0.5, 0.6) is 0 Å². The number of anilines is 1. The van der Waals surface area contributed by atoms with Crippen molar-refractivity contribution in [2.24, 2.45) is 0 Å². The van der Waals surface area contributed by atoms with E-state index >= 15 is 0 Å². The minimum Gasteiger partial charge on any atom is -0.338 e. The van der Waals surface area contributed by atoms with Crippen LogP contribution in [-0.4, -0.2) is 18.4 Å². The molecular formula is C17H17ClN2O2. The number of carbonyl (C=O) groups is 2. The zero-order chi connectivity index (χ0) is 15.9. The summed E-state index contributed by atoms with van der Waals surface area (Å²) < 4.78 is 0. The van der Waals surface area contributed by atoms with Crippen LogP contribution in [0.1, 0.15) is 22.8 Å². The first-order valence-electron chi connectivity index (χ1n) is 6.95. The van der Waals surface area contributed by atoms with E-state index in [1.807, 2.05) is 24.3 Å². The number of Topliss-reactive ketones (excluding diaryl/α,β-unsaturated/α-hetero) is 1. The van der Waals surface area contributed by atoms with Crippen LogP contribution in [0.2, 0.25) is 5.02 Å². The predicted octanol–water partition coefficient (Wildman–Crippen LogP) is 3.91. The second kappa shape index (κ2) is 7.61. The van der Waals surface area contributed by atoms with Gasteiger partial charge in [0.15, 0.2) is 5.78 Å². The number of nitrogens with one attached hydrogen (secondary N) is 2. The number of rotatable bonds is 5. The van der Waals surface area contributed by atoms with Gasteiger partial charge in [0.1, 0.15) is 0 Å². The topological polar surface area (TPSA) is 58.2 Å². The van der Waals surface area contributed by atoms with Crippen molar-refractivity contribution in [2.75, 3.05) is 11.9 Å². The van der Waals surface area contributed by atoms with E-state index in [0.29, 0.717) is 29.2 Å². The largest absolute Gasteiger partial charge is 0.338 e. The van der Waals surface area contributed by atoms with E-state index in [0.717, 1.165) is 5.56 Å². The molecule has 0 aliphatic heterocycles. The van der Waals surface area contributed by atoms with Crippen LogP contribution in [0.25, 0.3) is 0 Å². The van der Waals surface area contributed by atoms with Gasteiger partial charge in [-0.25, -0.2) is 4.79 Å². The van der Waals surface area contributed by atoms with Crippen LogP contribution in [0, 0.1) is 0 Å². The van der Waals surface area contributed by atoms with E-state index in [1.165, 1.54) is 6.92 Å². The monoisotopic (exact) mass is 316 g/mol. The van der Waals surface area contributed by atoms with E-state index in [2.05, 4.69) is 10.6 Å². The van der Waals surface area contributed by atoms with E-state index in [-0.39, 0.29) is 11.8 Å². The molecule has 0 aliphatic rings. The Morgan fingerprint density at radius 2 is 1.86 bits per heavy atom. The summed E-state index contributed by atoms with van der Waals surface area (Å²) in [5.74, 6) is -0.0370. The fourth-order valence-electron chi connectivity index (χ4n) is 2.00. The van der Waals surface area contributed by atoms with E-state index in [1.54, 1.807) is 24.3 Å². The lowest BCUT2D eigenvalue weighted by atomic mass is 10.1. The molecule has 0 saturated heterocycles. The highest BCUT2D eigenvalue weighted by molar-refractivity contribution is 6.30. The third-order valence-corrected chi connectivity index (χ3v) is 3.35. The molecule has 2 N–H and O–H groups in total. The minimum atomic E-state index is -0.303. The van der Waals surface area contributed by atoms with Crippen molar-refractivity contribution in [2.45, 2.75) is 13.3 Å². The Labute approximate surface area is 134 Å². The van der Waals surface area contributed by atoms with Crippen LogP contribution in [-0.2, 0) is 6.42 Å². The van der Waals surface area contributed by atoms with Crippen LogP contribution in [0.15, 0.2) is 48.5 Å². The van der Waals surface area contributed by atoms with Gasteiger partial charge < -0.3 is 10.6 Å². The number of urea groups is 1. The van der Waals surface area contributed by atoms with Crippen molar-refractivity contribution in [1.29, 1.82) is 0 Å². The first-order valence-corrected chi connectivity index (χ1v) is 7.33. The SMILES string of the molecule is CC(=O)c1cccc(NC(=O)NCCc2cccc(Cl)c2)c1. The molecule has 0 spiro atoms. The maximum atomic E-state index is 11.8.